The molecule has 0 aliphatic heterocycles. The van der Waals surface area contributed by atoms with Crippen molar-refractivity contribution >= 4 is 17.3 Å². The van der Waals surface area contributed by atoms with E-state index in [1.54, 1.807) is 19.1 Å². The van der Waals surface area contributed by atoms with Crippen LogP contribution in [0.15, 0.2) is 42.5 Å². The molecule has 6 heteroatoms. The molecule has 0 aliphatic carbocycles. The second-order valence-corrected chi connectivity index (χ2v) is 5.08. The van der Waals surface area contributed by atoms with Gasteiger partial charge in [0.15, 0.2) is 0 Å². The van der Waals surface area contributed by atoms with Gasteiger partial charge in [0.25, 0.3) is 0 Å². The van der Waals surface area contributed by atoms with Crippen molar-refractivity contribution in [3.63, 3.8) is 0 Å². The largest absolute Gasteiger partial charge is 0.416 e. The lowest BCUT2D eigenvalue weighted by Crippen LogP contribution is -2.09. The molecule has 2 aromatic rings. The predicted octanol–water partition coefficient (Wildman–Crippen LogP) is 5.67. The molecule has 1 nitrogen and oxygen atoms in total. The van der Waals surface area contributed by atoms with Crippen LogP contribution in [0.1, 0.15) is 24.1 Å². The zero-order chi connectivity index (χ0) is 15.6. The van der Waals surface area contributed by atoms with Gasteiger partial charge in [0.1, 0.15) is 5.82 Å². The molecular formula is C15H12ClF4N. The van der Waals surface area contributed by atoms with Crippen molar-refractivity contribution in [2.75, 3.05) is 5.32 Å². The van der Waals surface area contributed by atoms with E-state index in [2.05, 4.69) is 5.32 Å². The fourth-order valence-corrected chi connectivity index (χ4v) is 2.18. The molecule has 21 heavy (non-hydrogen) atoms. The van der Waals surface area contributed by atoms with E-state index in [4.69, 9.17) is 11.6 Å². The molecule has 0 saturated carbocycles. The molecule has 1 unspecified atom stereocenters. The molecule has 0 aromatic heterocycles. The maximum absolute atomic E-state index is 13.2. The van der Waals surface area contributed by atoms with Crippen LogP contribution in [-0.4, -0.2) is 0 Å². The van der Waals surface area contributed by atoms with E-state index in [1.807, 2.05) is 0 Å². The van der Waals surface area contributed by atoms with Gasteiger partial charge in [0, 0.05) is 16.8 Å². The van der Waals surface area contributed by atoms with Crippen molar-refractivity contribution in [1.82, 2.24) is 0 Å². The van der Waals surface area contributed by atoms with Crippen LogP contribution in [0.25, 0.3) is 0 Å². The summed E-state index contributed by atoms with van der Waals surface area (Å²) in [6.07, 6.45) is -4.47. The molecule has 112 valence electrons. The molecule has 1 atom stereocenters. The number of alkyl halides is 3. The molecular weight excluding hydrogens is 306 g/mol. The second-order valence-electron chi connectivity index (χ2n) is 4.65. The zero-order valence-electron chi connectivity index (χ0n) is 11.0. The number of nitrogens with one attached hydrogen (secondary N) is 1. The highest BCUT2D eigenvalue weighted by Crippen LogP contribution is 2.34. The lowest BCUT2D eigenvalue weighted by atomic mass is 10.1. The Morgan fingerprint density at radius 1 is 1.10 bits per heavy atom. The Balaban J connectivity index is 2.25. The lowest BCUT2D eigenvalue weighted by Gasteiger charge is -2.17. The Morgan fingerprint density at radius 3 is 2.43 bits per heavy atom. The molecule has 2 aromatic carbocycles. The third-order valence-electron chi connectivity index (χ3n) is 2.96. The molecule has 0 aliphatic rings. The Hall–Kier alpha value is -1.75. The van der Waals surface area contributed by atoms with Crippen LogP contribution < -0.4 is 5.32 Å². The van der Waals surface area contributed by atoms with Crippen molar-refractivity contribution in [1.29, 1.82) is 0 Å². The fraction of sp³-hybridized carbons (Fsp3) is 0.200. The molecule has 0 radical (unpaired) electrons. The molecule has 0 spiro atoms. The molecule has 1 N–H and O–H groups in total. The first-order chi connectivity index (χ1) is 9.75. The highest BCUT2D eigenvalue weighted by molar-refractivity contribution is 6.30. The summed E-state index contributed by atoms with van der Waals surface area (Å²) in [6.45, 7) is 1.73. The number of rotatable bonds is 3. The molecule has 0 fully saturated rings. The minimum absolute atomic E-state index is 0.0150. The van der Waals surface area contributed by atoms with Gasteiger partial charge in [-0.25, -0.2) is 4.39 Å². The van der Waals surface area contributed by atoms with Crippen molar-refractivity contribution in [3.05, 3.63) is 64.4 Å². The standard InChI is InChI=1S/C15H12ClF4N/c1-9(10-3-2-4-13(17)5-10)21-14-7-11(15(18,19)20)6-12(16)8-14/h2-9,21H,1H3. The van der Waals surface area contributed by atoms with E-state index in [0.717, 1.165) is 12.1 Å². The van der Waals surface area contributed by atoms with Crippen LogP contribution in [0.5, 0.6) is 0 Å². The summed E-state index contributed by atoms with van der Waals surface area (Å²) in [5.74, 6) is -0.400. The highest BCUT2D eigenvalue weighted by atomic mass is 35.5. The summed E-state index contributed by atoms with van der Waals surface area (Å²) < 4.78 is 51.3. The first-order valence-electron chi connectivity index (χ1n) is 6.15. The maximum atomic E-state index is 13.2. The van der Waals surface area contributed by atoms with Crippen LogP contribution >= 0.6 is 11.6 Å². The monoisotopic (exact) mass is 317 g/mol. The van der Waals surface area contributed by atoms with Crippen molar-refractivity contribution < 1.29 is 17.6 Å². The Bertz CT molecular complexity index is 640. The average molecular weight is 318 g/mol. The normalized spacial score (nSPS) is 13.0. The third-order valence-corrected chi connectivity index (χ3v) is 3.18. The van der Waals surface area contributed by atoms with Crippen LogP contribution in [0.4, 0.5) is 23.2 Å². The predicted molar refractivity (Wildman–Crippen MR) is 74.9 cm³/mol. The summed E-state index contributed by atoms with van der Waals surface area (Å²) in [4.78, 5) is 0. The van der Waals surface area contributed by atoms with Crippen LogP contribution in [0, 0.1) is 5.82 Å². The minimum Gasteiger partial charge on any atom is -0.378 e. The zero-order valence-corrected chi connectivity index (χ0v) is 11.8. The van der Waals surface area contributed by atoms with Crippen LogP contribution in [-0.2, 0) is 6.18 Å². The first kappa shape index (κ1) is 15.6. The van der Waals surface area contributed by atoms with Gasteiger partial charge in [-0.2, -0.15) is 13.2 Å². The van der Waals surface area contributed by atoms with Gasteiger partial charge in [0.2, 0.25) is 0 Å². The van der Waals surface area contributed by atoms with E-state index in [-0.39, 0.29) is 16.8 Å². The first-order valence-corrected chi connectivity index (χ1v) is 6.53. The maximum Gasteiger partial charge on any atom is 0.416 e. The van der Waals surface area contributed by atoms with Crippen molar-refractivity contribution in [3.8, 4) is 0 Å². The Morgan fingerprint density at radius 2 is 1.81 bits per heavy atom. The van der Waals surface area contributed by atoms with Gasteiger partial charge in [0.05, 0.1) is 5.56 Å². The van der Waals surface area contributed by atoms with Gasteiger partial charge in [-0.15, -0.1) is 0 Å². The van der Waals surface area contributed by atoms with Crippen LogP contribution in [0.2, 0.25) is 5.02 Å². The van der Waals surface area contributed by atoms with Gasteiger partial charge in [-0.1, -0.05) is 23.7 Å². The summed E-state index contributed by atoms with van der Waals surface area (Å²) >= 11 is 5.71. The molecule has 2 rings (SSSR count). The van der Waals surface area contributed by atoms with Gasteiger partial charge < -0.3 is 5.32 Å². The smallest absolute Gasteiger partial charge is 0.378 e. The summed E-state index contributed by atoms with van der Waals surface area (Å²) in [6, 6.07) is 8.73. The molecule has 0 bridgehead atoms. The van der Waals surface area contributed by atoms with Crippen molar-refractivity contribution in [2.24, 2.45) is 0 Å². The Kier molecular flexibility index (Phi) is 4.42. The van der Waals surface area contributed by atoms with Gasteiger partial charge >= 0.3 is 6.18 Å². The van der Waals surface area contributed by atoms with Crippen LogP contribution in [0.3, 0.4) is 0 Å². The Labute approximate surface area is 124 Å². The SMILES string of the molecule is CC(Nc1cc(Cl)cc(C(F)(F)F)c1)c1cccc(F)c1. The average Bonchev–Trinajstić information content (AvgIpc) is 2.37. The quantitative estimate of drug-likeness (QED) is 0.719. The summed E-state index contributed by atoms with van der Waals surface area (Å²) in [7, 11) is 0. The molecule has 0 amide bonds. The number of hydrogen-bond donors (Lipinski definition) is 1. The fourth-order valence-electron chi connectivity index (χ4n) is 1.95. The van der Waals surface area contributed by atoms with E-state index < -0.39 is 17.6 Å². The van der Waals surface area contributed by atoms with E-state index in [0.29, 0.717) is 5.56 Å². The molecule has 0 saturated heterocycles. The number of hydrogen-bond acceptors (Lipinski definition) is 1. The topological polar surface area (TPSA) is 12.0 Å². The van der Waals surface area contributed by atoms with E-state index >= 15 is 0 Å². The number of benzene rings is 2. The minimum atomic E-state index is -4.47. The summed E-state index contributed by atoms with van der Waals surface area (Å²) in [5, 5.41) is 2.87. The molecule has 0 heterocycles. The van der Waals surface area contributed by atoms with Crippen molar-refractivity contribution in [2.45, 2.75) is 19.1 Å². The third kappa shape index (κ3) is 4.11. The van der Waals surface area contributed by atoms with E-state index in [1.165, 1.54) is 18.2 Å². The lowest BCUT2D eigenvalue weighted by molar-refractivity contribution is -0.137. The number of anilines is 1. The van der Waals surface area contributed by atoms with Gasteiger partial charge in [-0.05, 0) is 42.8 Å². The van der Waals surface area contributed by atoms with Gasteiger partial charge in [-0.3, -0.25) is 0 Å². The number of halogens is 5. The van der Waals surface area contributed by atoms with E-state index in [9.17, 15) is 17.6 Å². The second kappa shape index (κ2) is 5.93. The summed E-state index contributed by atoms with van der Waals surface area (Å²) in [5.41, 5.74) is 0.0269. The highest BCUT2D eigenvalue weighted by Gasteiger charge is 2.31.